The molecule has 2 heterocycles. The van der Waals surface area contributed by atoms with Crippen molar-refractivity contribution >= 4 is 22.9 Å². The molecule has 0 bridgehead atoms. The van der Waals surface area contributed by atoms with Crippen LogP contribution < -0.4 is 4.90 Å². The summed E-state index contributed by atoms with van der Waals surface area (Å²) in [5.41, 5.74) is 1.15. The van der Waals surface area contributed by atoms with E-state index in [2.05, 4.69) is 13.8 Å². The van der Waals surface area contributed by atoms with Gasteiger partial charge in [-0.05, 0) is 55.9 Å². The molecule has 0 unspecified atom stereocenters. The average molecular weight is 624 g/mol. The predicted molar refractivity (Wildman–Crippen MR) is 171 cm³/mol. The number of ketones is 1. The summed E-state index contributed by atoms with van der Waals surface area (Å²) < 4.78 is 59.8. The number of carbonyl (C=O) groups is 1. The van der Waals surface area contributed by atoms with Gasteiger partial charge in [0.05, 0.1) is 27.8 Å². The van der Waals surface area contributed by atoms with Crippen molar-refractivity contribution in [3.05, 3.63) is 93.7 Å². The Kier molecular flexibility index (Phi) is 8.20. The highest BCUT2D eigenvalue weighted by atomic mass is 19.4. The molecule has 1 N–H and O–H groups in total. The maximum atomic E-state index is 15.2. The minimum Gasteiger partial charge on any atom is -0.506 e. The molecular formula is C37H43F4N2O2+. The Bertz CT molecular complexity index is 1690. The van der Waals surface area contributed by atoms with Gasteiger partial charge in [-0.1, -0.05) is 65.8 Å². The average Bonchev–Trinajstić information content (AvgIpc) is 3.30. The smallest absolute Gasteiger partial charge is 0.418 e. The Labute approximate surface area is 263 Å². The van der Waals surface area contributed by atoms with Gasteiger partial charge in [-0.2, -0.15) is 22.1 Å². The third-order valence-corrected chi connectivity index (χ3v) is 9.50. The van der Waals surface area contributed by atoms with Gasteiger partial charge in [0.25, 0.3) is 0 Å². The van der Waals surface area contributed by atoms with Crippen LogP contribution in [0.3, 0.4) is 0 Å². The van der Waals surface area contributed by atoms with Crippen LogP contribution in [-0.4, -0.2) is 34.3 Å². The highest BCUT2D eigenvalue weighted by molar-refractivity contribution is 6.24. The lowest BCUT2D eigenvalue weighted by atomic mass is 9.77. The number of benzene rings is 2. The van der Waals surface area contributed by atoms with E-state index in [1.54, 1.807) is 29.2 Å². The first-order valence-electron chi connectivity index (χ1n) is 15.7. The molecule has 0 radical (unpaired) electrons. The summed E-state index contributed by atoms with van der Waals surface area (Å²) in [6, 6.07) is 9.22. The molecule has 2 aliphatic heterocycles. The number of para-hydroxylation sites is 2. The summed E-state index contributed by atoms with van der Waals surface area (Å²) in [5.74, 6) is -0.336. The summed E-state index contributed by atoms with van der Waals surface area (Å²) in [4.78, 5) is 15.4. The first-order valence-corrected chi connectivity index (χ1v) is 15.7. The molecule has 2 aromatic rings. The summed E-state index contributed by atoms with van der Waals surface area (Å²) in [6.07, 6.45) is 0.100. The molecule has 1 aliphatic carbocycles. The minimum absolute atomic E-state index is 0.0639. The van der Waals surface area contributed by atoms with Crippen molar-refractivity contribution in [2.45, 2.75) is 85.2 Å². The van der Waals surface area contributed by atoms with Gasteiger partial charge >= 0.3 is 6.18 Å². The summed E-state index contributed by atoms with van der Waals surface area (Å²) >= 11 is 0. The molecule has 5 rings (SSSR count). The quantitative estimate of drug-likeness (QED) is 0.181. The molecule has 45 heavy (non-hydrogen) atoms. The van der Waals surface area contributed by atoms with E-state index in [0.29, 0.717) is 48.1 Å². The molecule has 8 heteroatoms. The number of nitrogens with zero attached hydrogens (tertiary/aromatic N) is 2. The zero-order valence-corrected chi connectivity index (χ0v) is 27.4. The molecule has 0 atom stereocenters. The second-order valence-electron chi connectivity index (χ2n) is 14.3. The van der Waals surface area contributed by atoms with E-state index in [1.165, 1.54) is 12.1 Å². The predicted octanol–water partition coefficient (Wildman–Crippen LogP) is 9.32. The fourth-order valence-electron chi connectivity index (χ4n) is 6.79. The second-order valence-corrected chi connectivity index (χ2v) is 14.3. The zero-order valence-electron chi connectivity index (χ0n) is 27.4. The molecule has 240 valence electrons. The maximum absolute atomic E-state index is 15.2. The molecular weight excluding hydrogens is 580 g/mol. The van der Waals surface area contributed by atoms with Gasteiger partial charge in [0, 0.05) is 35.7 Å². The van der Waals surface area contributed by atoms with E-state index in [4.69, 9.17) is 0 Å². The van der Waals surface area contributed by atoms with E-state index in [0.717, 1.165) is 18.1 Å². The fourth-order valence-corrected chi connectivity index (χ4v) is 6.79. The lowest BCUT2D eigenvalue weighted by molar-refractivity contribution is -0.441. The molecule has 3 aliphatic rings. The molecule has 2 aromatic carbocycles. The minimum atomic E-state index is -4.56. The second kappa shape index (κ2) is 11.3. The largest absolute Gasteiger partial charge is 0.506 e. The van der Waals surface area contributed by atoms with E-state index in [9.17, 15) is 23.1 Å². The number of hydrogen-bond donors (Lipinski definition) is 1. The molecule has 0 aromatic heterocycles. The number of rotatable bonds is 8. The molecule has 0 saturated carbocycles. The standard InChI is InChI=1S/C37H42F4N2O2/c1-21(2)15-17-42-29(35(5,6)25-11-9-13-27(31(25)42)37(39,40)41)19-23-33(44)24(34(23)45)20-30-36(7,8)26-12-10-14-28(38)32(26)43(30)18-16-22(3)4/h9-14,19-22H,15-18H2,1-8H3/p+1. The normalized spacial score (nSPS) is 20.7. The Balaban J connectivity index is 1.63. The van der Waals surface area contributed by atoms with Gasteiger partial charge in [-0.3, -0.25) is 4.79 Å². The summed E-state index contributed by atoms with van der Waals surface area (Å²) in [7, 11) is 0. The SMILES string of the molecule is CC(C)CCN1/C(=C\C2=C(O)C(=C\C3=[N+](CCC(C)C)c4c(F)cccc4C3(C)C)/C2=O)C(C)(C)c2cccc(C(F)(F)F)c21. The van der Waals surface area contributed by atoms with Gasteiger partial charge in [0.2, 0.25) is 11.5 Å². The van der Waals surface area contributed by atoms with Gasteiger partial charge in [0.15, 0.2) is 11.5 Å². The van der Waals surface area contributed by atoms with Crippen LogP contribution in [-0.2, 0) is 21.8 Å². The zero-order chi connectivity index (χ0) is 33.2. The van der Waals surface area contributed by atoms with Crippen molar-refractivity contribution in [1.82, 2.24) is 0 Å². The third kappa shape index (κ3) is 5.44. The number of hydrogen-bond acceptors (Lipinski definition) is 3. The number of halogens is 4. The number of alkyl halides is 3. The van der Waals surface area contributed by atoms with Crippen molar-refractivity contribution in [2.75, 3.05) is 18.0 Å². The van der Waals surface area contributed by atoms with E-state index < -0.39 is 28.4 Å². The molecule has 4 nitrogen and oxygen atoms in total. The Morgan fingerprint density at radius 3 is 2.13 bits per heavy atom. The van der Waals surface area contributed by atoms with Crippen LogP contribution in [0, 0.1) is 17.7 Å². The van der Waals surface area contributed by atoms with Crippen LogP contribution in [0.4, 0.5) is 28.9 Å². The highest BCUT2D eigenvalue weighted by Gasteiger charge is 2.49. The number of aliphatic hydroxyl groups excluding tert-OH is 1. The number of carbonyl (C=O) groups excluding carboxylic acids is 1. The fraction of sp³-hybridized carbons (Fsp3) is 0.459. The number of fused-ring (bicyclic) bond motifs is 2. The molecule has 0 saturated heterocycles. The number of anilines is 1. The van der Waals surface area contributed by atoms with Crippen molar-refractivity contribution in [1.29, 1.82) is 0 Å². The Morgan fingerprint density at radius 1 is 0.911 bits per heavy atom. The van der Waals surface area contributed by atoms with Crippen LogP contribution in [0.25, 0.3) is 0 Å². The summed E-state index contributed by atoms with van der Waals surface area (Å²) in [6.45, 7) is 16.7. The Hall–Kier alpha value is -3.68. The van der Waals surface area contributed by atoms with Crippen LogP contribution in [0.2, 0.25) is 0 Å². The molecule has 0 fully saturated rings. The molecule has 0 spiro atoms. The van der Waals surface area contributed by atoms with Crippen molar-refractivity contribution in [2.24, 2.45) is 11.8 Å². The first kappa shape index (κ1) is 32.7. The monoisotopic (exact) mass is 623 g/mol. The number of allylic oxidation sites excluding steroid dienone is 5. The first-order chi connectivity index (χ1) is 20.9. The maximum Gasteiger partial charge on any atom is 0.418 e. The lowest BCUT2D eigenvalue weighted by Crippen LogP contribution is -2.32. The highest BCUT2D eigenvalue weighted by Crippen LogP contribution is 2.53. The third-order valence-electron chi connectivity index (χ3n) is 9.50. The van der Waals surface area contributed by atoms with Crippen LogP contribution >= 0.6 is 0 Å². The lowest BCUT2D eigenvalue weighted by Gasteiger charge is -2.30. The van der Waals surface area contributed by atoms with Crippen LogP contribution in [0.15, 0.2) is 71.2 Å². The van der Waals surface area contributed by atoms with Gasteiger partial charge in [0.1, 0.15) is 12.3 Å². The van der Waals surface area contributed by atoms with E-state index in [-0.39, 0.29) is 34.3 Å². The topological polar surface area (TPSA) is 43.5 Å². The van der Waals surface area contributed by atoms with Gasteiger partial charge in [-0.25, -0.2) is 0 Å². The number of Topliss-reactive ketones (excluding diaryl/α,β-unsaturated/α-hetero) is 1. The summed E-state index contributed by atoms with van der Waals surface area (Å²) in [5, 5.41) is 11.3. The van der Waals surface area contributed by atoms with E-state index in [1.807, 2.05) is 52.2 Å². The van der Waals surface area contributed by atoms with Crippen LogP contribution in [0.1, 0.15) is 84.9 Å². The number of aliphatic hydroxyl groups is 1. The van der Waals surface area contributed by atoms with Gasteiger partial charge < -0.3 is 10.0 Å². The van der Waals surface area contributed by atoms with Crippen molar-refractivity contribution in [3.63, 3.8) is 0 Å². The van der Waals surface area contributed by atoms with E-state index >= 15 is 4.39 Å². The van der Waals surface area contributed by atoms with Crippen molar-refractivity contribution in [3.8, 4) is 0 Å². The Morgan fingerprint density at radius 2 is 1.53 bits per heavy atom. The van der Waals surface area contributed by atoms with Crippen molar-refractivity contribution < 1.29 is 32.0 Å². The molecule has 0 amide bonds. The van der Waals surface area contributed by atoms with Gasteiger partial charge in [-0.15, -0.1) is 0 Å². The van der Waals surface area contributed by atoms with Crippen LogP contribution in [0.5, 0.6) is 0 Å².